The van der Waals surface area contributed by atoms with Gasteiger partial charge in [0.15, 0.2) is 0 Å². The van der Waals surface area contributed by atoms with E-state index in [1.54, 1.807) is 0 Å². The normalized spacial score (nSPS) is 18.4. The van der Waals surface area contributed by atoms with Gasteiger partial charge in [0.1, 0.15) is 5.54 Å². The first-order valence-corrected chi connectivity index (χ1v) is 6.68. The average Bonchev–Trinajstić information content (AvgIpc) is 2.30. The summed E-state index contributed by atoms with van der Waals surface area (Å²) in [6.45, 7) is 7.71. The molecule has 104 valence electrons. The molecule has 0 bridgehead atoms. The Morgan fingerprint density at radius 3 is 2.11 bits per heavy atom. The molecule has 1 heterocycles. The third-order valence-corrected chi connectivity index (χ3v) is 4.03. The van der Waals surface area contributed by atoms with Crippen molar-refractivity contribution in [3.63, 3.8) is 0 Å². The smallest absolute Gasteiger partial charge is 0.323 e. The van der Waals surface area contributed by atoms with Crippen molar-refractivity contribution in [2.45, 2.75) is 39.2 Å². The Kier molecular flexibility index (Phi) is 3.54. The summed E-state index contributed by atoms with van der Waals surface area (Å²) in [5.41, 5.74) is 9.85. The van der Waals surface area contributed by atoms with Crippen molar-refractivity contribution in [1.29, 1.82) is 0 Å². The van der Waals surface area contributed by atoms with Gasteiger partial charge in [-0.1, -0.05) is 17.7 Å². The molecule has 4 nitrogen and oxygen atoms in total. The maximum atomic E-state index is 11.2. The molecule has 4 heteroatoms. The molecule has 1 aliphatic heterocycles. The van der Waals surface area contributed by atoms with Crippen molar-refractivity contribution in [2.24, 2.45) is 5.73 Å². The van der Waals surface area contributed by atoms with E-state index >= 15 is 0 Å². The molecule has 0 radical (unpaired) electrons. The van der Waals surface area contributed by atoms with Gasteiger partial charge < -0.3 is 15.7 Å². The van der Waals surface area contributed by atoms with Crippen LogP contribution in [0, 0.1) is 20.8 Å². The van der Waals surface area contributed by atoms with Gasteiger partial charge in [-0.3, -0.25) is 4.79 Å². The van der Waals surface area contributed by atoms with E-state index in [9.17, 15) is 4.79 Å². The summed E-state index contributed by atoms with van der Waals surface area (Å²) < 4.78 is 0. The number of anilines is 1. The number of carbonyl (C=O) groups is 1. The number of benzene rings is 1. The molecule has 0 spiro atoms. The zero-order valence-electron chi connectivity index (χ0n) is 11.9. The number of aryl methyl sites for hydroxylation is 3. The Balaban J connectivity index is 2.21. The number of rotatable bonds is 2. The van der Waals surface area contributed by atoms with Crippen LogP contribution in [0.4, 0.5) is 5.69 Å². The van der Waals surface area contributed by atoms with Gasteiger partial charge in [-0.25, -0.2) is 0 Å². The number of hydrogen-bond donors (Lipinski definition) is 2. The minimum atomic E-state index is -1.05. The first-order chi connectivity index (χ1) is 8.83. The van der Waals surface area contributed by atoms with Crippen LogP contribution in [-0.4, -0.2) is 29.7 Å². The highest BCUT2D eigenvalue weighted by Crippen LogP contribution is 2.30. The van der Waals surface area contributed by atoms with Crippen LogP contribution in [0.15, 0.2) is 12.1 Å². The lowest BCUT2D eigenvalue weighted by Crippen LogP contribution is -2.55. The van der Waals surface area contributed by atoms with Crippen LogP contribution in [0.5, 0.6) is 0 Å². The number of carboxylic acids is 1. The quantitative estimate of drug-likeness (QED) is 0.855. The monoisotopic (exact) mass is 262 g/mol. The summed E-state index contributed by atoms with van der Waals surface area (Å²) in [5.74, 6) is -0.885. The first-order valence-electron chi connectivity index (χ1n) is 6.68. The van der Waals surface area contributed by atoms with Crippen LogP contribution in [0.25, 0.3) is 0 Å². The molecule has 2 rings (SSSR count). The molecule has 0 aromatic heterocycles. The highest BCUT2D eigenvalue weighted by atomic mass is 16.4. The number of nitrogens with two attached hydrogens (primary N) is 1. The molecular weight excluding hydrogens is 240 g/mol. The Labute approximate surface area is 114 Å². The number of nitrogens with zero attached hydrogens (tertiary/aromatic N) is 1. The van der Waals surface area contributed by atoms with E-state index in [0.29, 0.717) is 25.9 Å². The second-order valence-corrected chi connectivity index (χ2v) is 5.70. The number of piperidine rings is 1. The third kappa shape index (κ3) is 2.59. The summed E-state index contributed by atoms with van der Waals surface area (Å²) >= 11 is 0. The summed E-state index contributed by atoms with van der Waals surface area (Å²) in [6.07, 6.45) is 0.990. The van der Waals surface area contributed by atoms with E-state index in [1.165, 1.54) is 22.4 Å². The zero-order valence-corrected chi connectivity index (χ0v) is 11.9. The van der Waals surface area contributed by atoms with Gasteiger partial charge in [0.2, 0.25) is 0 Å². The highest BCUT2D eigenvalue weighted by Gasteiger charge is 2.38. The third-order valence-electron chi connectivity index (χ3n) is 4.03. The molecule has 0 atom stereocenters. The Bertz CT molecular complexity index is 480. The fourth-order valence-corrected chi connectivity index (χ4v) is 3.01. The Morgan fingerprint density at radius 1 is 1.21 bits per heavy atom. The predicted molar refractivity (Wildman–Crippen MR) is 76.7 cm³/mol. The Morgan fingerprint density at radius 2 is 1.68 bits per heavy atom. The van der Waals surface area contributed by atoms with Crippen LogP contribution in [0.3, 0.4) is 0 Å². The number of hydrogen-bond acceptors (Lipinski definition) is 3. The Hall–Kier alpha value is -1.55. The number of aliphatic carboxylic acids is 1. The molecule has 1 fully saturated rings. The molecule has 0 unspecified atom stereocenters. The lowest BCUT2D eigenvalue weighted by atomic mass is 9.88. The fraction of sp³-hybridized carbons (Fsp3) is 0.533. The van der Waals surface area contributed by atoms with Gasteiger partial charge in [-0.2, -0.15) is 0 Å². The molecule has 3 N–H and O–H groups in total. The van der Waals surface area contributed by atoms with E-state index in [4.69, 9.17) is 10.8 Å². The molecular formula is C15H22N2O2. The lowest BCUT2D eigenvalue weighted by molar-refractivity contribution is -0.144. The van der Waals surface area contributed by atoms with Crippen molar-refractivity contribution in [1.82, 2.24) is 0 Å². The SMILES string of the molecule is Cc1cc(C)c(N2CCC(N)(C(=O)O)CC2)c(C)c1. The molecule has 0 saturated carbocycles. The minimum Gasteiger partial charge on any atom is -0.480 e. The van der Waals surface area contributed by atoms with Gasteiger partial charge in [0, 0.05) is 18.8 Å². The summed E-state index contributed by atoms with van der Waals surface area (Å²) in [6, 6.07) is 4.34. The van der Waals surface area contributed by atoms with E-state index in [-0.39, 0.29) is 0 Å². The van der Waals surface area contributed by atoms with Crippen molar-refractivity contribution >= 4 is 11.7 Å². The molecule has 1 aromatic rings. The summed E-state index contributed by atoms with van der Waals surface area (Å²) in [4.78, 5) is 13.4. The summed E-state index contributed by atoms with van der Waals surface area (Å²) in [5, 5.41) is 9.16. The molecule has 1 saturated heterocycles. The summed E-state index contributed by atoms with van der Waals surface area (Å²) in [7, 11) is 0. The van der Waals surface area contributed by atoms with Gasteiger partial charge in [0.05, 0.1) is 0 Å². The van der Waals surface area contributed by atoms with Crippen molar-refractivity contribution in [2.75, 3.05) is 18.0 Å². The van der Waals surface area contributed by atoms with Crippen LogP contribution >= 0.6 is 0 Å². The minimum absolute atomic E-state index is 0.495. The van der Waals surface area contributed by atoms with Crippen LogP contribution in [0.2, 0.25) is 0 Å². The molecule has 0 amide bonds. The second kappa shape index (κ2) is 4.85. The largest absolute Gasteiger partial charge is 0.480 e. The van der Waals surface area contributed by atoms with Gasteiger partial charge in [-0.05, 0) is 44.7 Å². The molecule has 1 aliphatic rings. The van der Waals surface area contributed by atoms with Crippen LogP contribution in [-0.2, 0) is 4.79 Å². The van der Waals surface area contributed by atoms with Gasteiger partial charge in [0.25, 0.3) is 0 Å². The average molecular weight is 262 g/mol. The highest BCUT2D eigenvalue weighted by molar-refractivity contribution is 5.79. The van der Waals surface area contributed by atoms with Gasteiger partial charge >= 0.3 is 5.97 Å². The number of carboxylic acid groups (broad SMARTS) is 1. The van der Waals surface area contributed by atoms with Crippen LogP contribution in [0.1, 0.15) is 29.5 Å². The first kappa shape index (κ1) is 13.9. The lowest BCUT2D eigenvalue weighted by Gasteiger charge is -2.38. The maximum Gasteiger partial charge on any atom is 0.323 e. The predicted octanol–water partition coefficient (Wildman–Crippen LogP) is 1.99. The van der Waals surface area contributed by atoms with Crippen molar-refractivity contribution in [3.05, 3.63) is 28.8 Å². The molecule has 0 aliphatic carbocycles. The zero-order chi connectivity index (χ0) is 14.2. The van der Waals surface area contributed by atoms with E-state index in [2.05, 4.69) is 37.8 Å². The standard InChI is InChI=1S/C15H22N2O2/c1-10-8-11(2)13(12(3)9-10)17-6-4-15(16,5-7-17)14(18)19/h8-9H,4-7,16H2,1-3H3,(H,18,19). The maximum absolute atomic E-state index is 11.2. The van der Waals surface area contributed by atoms with E-state index in [1.807, 2.05) is 0 Å². The van der Waals surface area contributed by atoms with Crippen molar-refractivity contribution in [3.8, 4) is 0 Å². The van der Waals surface area contributed by atoms with Gasteiger partial charge in [-0.15, -0.1) is 0 Å². The molecule has 19 heavy (non-hydrogen) atoms. The topological polar surface area (TPSA) is 66.6 Å². The van der Waals surface area contributed by atoms with E-state index < -0.39 is 11.5 Å². The van der Waals surface area contributed by atoms with Crippen molar-refractivity contribution < 1.29 is 9.90 Å². The molecule has 1 aromatic carbocycles. The fourth-order valence-electron chi connectivity index (χ4n) is 3.01. The van der Waals surface area contributed by atoms with E-state index in [0.717, 1.165) is 0 Å². The van der Waals surface area contributed by atoms with Crippen LogP contribution < -0.4 is 10.6 Å². The second-order valence-electron chi connectivity index (χ2n) is 5.70.